The number of hydrogen-bond donors (Lipinski definition) is 1. The van der Waals surface area contributed by atoms with Gasteiger partial charge in [-0.05, 0) is 37.3 Å². The average Bonchev–Trinajstić information content (AvgIpc) is 2.63. The van der Waals surface area contributed by atoms with Gasteiger partial charge in [0, 0.05) is 12.2 Å². The maximum atomic E-state index is 12.0. The lowest BCUT2D eigenvalue weighted by Crippen LogP contribution is -2.32. The van der Waals surface area contributed by atoms with Crippen LogP contribution >= 0.6 is 11.6 Å². The Morgan fingerprint density at radius 1 is 1.41 bits per heavy atom. The summed E-state index contributed by atoms with van der Waals surface area (Å²) in [6.07, 6.45) is 4.16. The number of aromatic nitrogens is 1. The standard InChI is InChI=1S/C11H15ClN2O2S/c1-8-2-3-9(6-8)14-17(15,16)10-4-5-11(12)13-7-10/h4-5,7-9,14H,2-3,6H2,1H3. The molecule has 1 N–H and O–H groups in total. The molecule has 1 aromatic rings. The highest BCUT2D eigenvalue weighted by Crippen LogP contribution is 2.26. The van der Waals surface area contributed by atoms with Crippen LogP contribution in [0.1, 0.15) is 26.2 Å². The van der Waals surface area contributed by atoms with Gasteiger partial charge in [0.05, 0.1) is 0 Å². The molecule has 2 unspecified atom stereocenters. The van der Waals surface area contributed by atoms with Crippen molar-refractivity contribution in [3.8, 4) is 0 Å². The third kappa shape index (κ3) is 3.18. The van der Waals surface area contributed by atoms with Crippen LogP contribution in [0.4, 0.5) is 0 Å². The second kappa shape index (κ2) is 4.92. The van der Waals surface area contributed by atoms with Gasteiger partial charge in [-0.1, -0.05) is 18.5 Å². The summed E-state index contributed by atoms with van der Waals surface area (Å²) < 4.78 is 26.7. The van der Waals surface area contributed by atoms with E-state index in [4.69, 9.17) is 11.6 Å². The fourth-order valence-corrected chi connectivity index (χ4v) is 3.46. The highest BCUT2D eigenvalue weighted by atomic mass is 35.5. The van der Waals surface area contributed by atoms with E-state index in [1.807, 2.05) is 0 Å². The van der Waals surface area contributed by atoms with Crippen LogP contribution in [0.5, 0.6) is 0 Å². The molecule has 1 aromatic heterocycles. The Morgan fingerprint density at radius 3 is 2.71 bits per heavy atom. The molecule has 94 valence electrons. The SMILES string of the molecule is CC1CCC(NS(=O)(=O)c2ccc(Cl)nc2)C1. The number of nitrogens with one attached hydrogen (secondary N) is 1. The quantitative estimate of drug-likeness (QED) is 0.860. The summed E-state index contributed by atoms with van der Waals surface area (Å²) in [6.45, 7) is 2.14. The van der Waals surface area contributed by atoms with E-state index in [0.29, 0.717) is 11.1 Å². The monoisotopic (exact) mass is 274 g/mol. The Labute approximate surface area is 106 Å². The Balaban J connectivity index is 2.11. The fraction of sp³-hybridized carbons (Fsp3) is 0.545. The van der Waals surface area contributed by atoms with Crippen molar-refractivity contribution in [3.05, 3.63) is 23.5 Å². The van der Waals surface area contributed by atoms with Gasteiger partial charge in [0.2, 0.25) is 10.0 Å². The van der Waals surface area contributed by atoms with Gasteiger partial charge in [-0.25, -0.2) is 18.1 Å². The van der Waals surface area contributed by atoms with Crippen LogP contribution in [0.25, 0.3) is 0 Å². The number of sulfonamides is 1. The molecule has 1 fully saturated rings. The number of rotatable bonds is 3. The average molecular weight is 275 g/mol. The van der Waals surface area contributed by atoms with E-state index in [1.165, 1.54) is 18.3 Å². The van der Waals surface area contributed by atoms with Gasteiger partial charge in [0.25, 0.3) is 0 Å². The van der Waals surface area contributed by atoms with Crippen molar-refractivity contribution < 1.29 is 8.42 Å². The molecule has 1 heterocycles. The second-order valence-electron chi connectivity index (χ2n) is 4.55. The van der Waals surface area contributed by atoms with E-state index in [9.17, 15) is 8.42 Å². The lowest BCUT2D eigenvalue weighted by molar-refractivity contribution is 0.538. The first-order valence-corrected chi connectivity index (χ1v) is 7.47. The molecule has 4 nitrogen and oxygen atoms in total. The van der Waals surface area contributed by atoms with Crippen LogP contribution < -0.4 is 4.72 Å². The Kier molecular flexibility index (Phi) is 3.70. The van der Waals surface area contributed by atoms with Gasteiger partial charge in [-0.15, -0.1) is 0 Å². The van der Waals surface area contributed by atoms with E-state index in [2.05, 4.69) is 16.6 Å². The van der Waals surface area contributed by atoms with Crippen molar-refractivity contribution in [1.82, 2.24) is 9.71 Å². The maximum absolute atomic E-state index is 12.0. The van der Waals surface area contributed by atoms with Gasteiger partial charge in [0.15, 0.2) is 0 Å². The van der Waals surface area contributed by atoms with Crippen LogP contribution in [0.3, 0.4) is 0 Å². The van der Waals surface area contributed by atoms with Crippen LogP contribution in [-0.2, 0) is 10.0 Å². The third-order valence-corrected chi connectivity index (χ3v) is 4.76. The predicted molar refractivity (Wildman–Crippen MR) is 66.4 cm³/mol. The molecule has 0 bridgehead atoms. The Hall–Kier alpha value is -0.650. The first kappa shape index (κ1) is 12.8. The summed E-state index contributed by atoms with van der Waals surface area (Å²) in [7, 11) is -3.46. The number of pyridine rings is 1. The summed E-state index contributed by atoms with van der Waals surface area (Å²) in [6, 6.07) is 2.99. The zero-order valence-corrected chi connectivity index (χ0v) is 11.1. The molecule has 0 spiro atoms. The fourth-order valence-electron chi connectivity index (χ4n) is 2.12. The van der Waals surface area contributed by atoms with E-state index in [-0.39, 0.29) is 10.9 Å². The van der Waals surface area contributed by atoms with Crippen molar-refractivity contribution in [1.29, 1.82) is 0 Å². The predicted octanol–water partition coefficient (Wildman–Crippen LogP) is 2.20. The lowest BCUT2D eigenvalue weighted by Gasteiger charge is -2.12. The van der Waals surface area contributed by atoms with Gasteiger partial charge in [-0.3, -0.25) is 0 Å². The third-order valence-electron chi connectivity index (χ3n) is 3.03. The molecular weight excluding hydrogens is 260 g/mol. The molecule has 1 saturated carbocycles. The number of nitrogens with zero attached hydrogens (tertiary/aromatic N) is 1. The van der Waals surface area contributed by atoms with E-state index in [0.717, 1.165) is 19.3 Å². The van der Waals surface area contributed by atoms with Crippen molar-refractivity contribution in [3.63, 3.8) is 0 Å². The van der Waals surface area contributed by atoms with Crippen LogP contribution in [0.15, 0.2) is 23.2 Å². The maximum Gasteiger partial charge on any atom is 0.242 e. The first-order valence-electron chi connectivity index (χ1n) is 5.61. The molecule has 0 radical (unpaired) electrons. The van der Waals surface area contributed by atoms with Crippen LogP contribution in [-0.4, -0.2) is 19.4 Å². The molecule has 0 amide bonds. The lowest BCUT2D eigenvalue weighted by atomic mass is 10.1. The number of halogens is 1. The van der Waals surface area contributed by atoms with Crippen molar-refractivity contribution >= 4 is 21.6 Å². The highest BCUT2D eigenvalue weighted by molar-refractivity contribution is 7.89. The van der Waals surface area contributed by atoms with Gasteiger partial charge in [0.1, 0.15) is 10.0 Å². The molecule has 0 aromatic carbocycles. The normalized spacial score (nSPS) is 25.1. The minimum Gasteiger partial charge on any atom is -0.243 e. The topological polar surface area (TPSA) is 59.1 Å². The van der Waals surface area contributed by atoms with Gasteiger partial charge < -0.3 is 0 Å². The molecule has 0 saturated heterocycles. The van der Waals surface area contributed by atoms with E-state index >= 15 is 0 Å². The zero-order chi connectivity index (χ0) is 12.5. The van der Waals surface area contributed by atoms with Crippen molar-refractivity contribution in [2.24, 2.45) is 5.92 Å². The molecule has 17 heavy (non-hydrogen) atoms. The summed E-state index contributed by atoms with van der Waals surface area (Å²) >= 11 is 5.62. The van der Waals surface area contributed by atoms with Gasteiger partial charge in [-0.2, -0.15) is 0 Å². The summed E-state index contributed by atoms with van der Waals surface area (Å²) in [5.74, 6) is 0.589. The van der Waals surface area contributed by atoms with Crippen LogP contribution in [0, 0.1) is 5.92 Å². The van der Waals surface area contributed by atoms with E-state index in [1.54, 1.807) is 0 Å². The summed E-state index contributed by atoms with van der Waals surface area (Å²) in [5.41, 5.74) is 0. The minimum absolute atomic E-state index is 0.0469. The number of hydrogen-bond acceptors (Lipinski definition) is 3. The molecule has 2 rings (SSSR count). The summed E-state index contributed by atoms with van der Waals surface area (Å²) in [4.78, 5) is 3.95. The Morgan fingerprint density at radius 2 is 2.18 bits per heavy atom. The minimum atomic E-state index is -3.46. The van der Waals surface area contributed by atoms with Crippen LogP contribution in [0.2, 0.25) is 5.15 Å². The highest BCUT2D eigenvalue weighted by Gasteiger charge is 2.26. The van der Waals surface area contributed by atoms with Gasteiger partial charge >= 0.3 is 0 Å². The molecule has 1 aliphatic carbocycles. The second-order valence-corrected chi connectivity index (χ2v) is 6.65. The first-order chi connectivity index (χ1) is 7.97. The largest absolute Gasteiger partial charge is 0.243 e. The molecule has 1 aliphatic rings. The van der Waals surface area contributed by atoms with Crippen molar-refractivity contribution in [2.75, 3.05) is 0 Å². The molecule has 0 aliphatic heterocycles. The van der Waals surface area contributed by atoms with E-state index < -0.39 is 10.0 Å². The zero-order valence-electron chi connectivity index (χ0n) is 9.56. The smallest absolute Gasteiger partial charge is 0.242 e. The molecule has 6 heteroatoms. The summed E-state index contributed by atoms with van der Waals surface area (Å²) in [5, 5.41) is 0.290. The van der Waals surface area contributed by atoms with Crippen molar-refractivity contribution in [2.45, 2.75) is 37.1 Å². The Bertz CT molecular complexity index is 487. The molecule has 2 atom stereocenters. The molecular formula is C11H15ClN2O2S.